The number of nitro benzene ring substituents is 1. The SMILES string of the molecule is CN1C[C@H](c2ccc([N+](=O)[O-])cc2)[C@@H](C(=O)c2ccccc2)[C@@]12C(=O)Nc1ccc(F)cc12. The van der Waals surface area contributed by atoms with Crippen molar-refractivity contribution in [3.05, 3.63) is 105 Å². The van der Waals surface area contributed by atoms with Gasteiger partial charge in [0.2, 0.25) is 5.91 Å². The van der Waals surface area contributed by atoms with Crippen molar-refractivity contribution in [2.45, 2.75) is 11.5 Å². The number of nitro groups is 1. The van der Waals surface area contributed by atoms with Gasteiger partial charge >= 0.3 is 0 Å². The normalized spacial score (nSPS) is 24.0. The Balaban J connectivity index is 1.71. The number of likely N-dealkylation sites (N-methyl/N-ethyl adjacent to an activating group) is 1. The molecule has 1 spiro atoms. The molecule has 166 valence electrons. The van der Waals surface area contributed by atoms with Crippen molar-refractivity contribution in [1.82, 2.24) is 4.90 Å². The molecule has 3 atom stereocenters. The highest BCUT2D eigenvalue weighted by atomic mass is 19.1. The summed E-state index contributed by atoms with van der Waals surface area (Å²) >= 11 is 0. The summed E-state index contributed by atoms with van der Waals surface area (Å²) in [6, 6.07) is 18.8. The van der Waals surface area contributed by atoms with Crippen molar-refractivity contribution in [3.8, 4) is 0 Å². The molecule has 1 amide bonds. The third-order valence-corrected chi connectivity index (χ3v) is 6.78. The van der Waals surface area contributed by atoms with Gasteiger partial charge in [0.15, 0.2) is 5.78 Å². The van der Waals surface area contributed by atoms with Gasteiger partial charge in [-0.3, -0.25) is 24.6 Å². The average molecular weight is 445 g/mol. The lowest BCUT2D eigenvalue weighted by Crippen LogP contribution is -2.51. The van der Waals surface area contributed by atoms with Crippen LogP contribution in [-0.4, -0.2) is 35.1 Å². The van der Waals surface area contributed by atoms with E-state index >= 15 is 0 Å². The lowest BCUT2D eigenvalue weighted by molar-refractivity contribution is -0.384. The van der Waals surface area contributed by atoms with Gasteiger partial charge < -0.3 is 5.32 Å². The van der Waals surface area contributed by atoms with Gasteiger partial charge in [-0.1, -0.05) is 42.5 Å². The van der Waals surface area contributed by atoms with Crippen LogP contribution < -0.4 is 5.32 Å². The number of Topliss-reactive ketones (excluding diaryl/α,β-unsaturated/α-hetero) is 1. The first-order valence-electron chi connectivity index (χ1n) is 10.5. The molecular formula is C25H20FN3O4. The zero-order valence-electron chi connectivity index (χ0n) is 17.7. The van der Waals surface area contributed by atoms with Crippen molar-refractivity contribution in [2.24, 2.45) is 5.92 Å². The standard InChI is InChI=1S/C25H20FN3O4/c1-28-14-19(15-7-10-18(11-8-15)29(32)33)22(23(30)16-5-3-2-4-6-16)25(28)20-13-17(26)9-12-21(20)27-24(25)31/h2-13,19,22H,14H2,1H3,(H,27,31)/t19-,22+,25+/m1/s1. The number of amides is 1. The van der Waals surface area contributed by atoms with E-state index in [-0.39, 0.29) is 17.4 Å². The molecule has 5 rings (SSSR count). The number of carbonyl (C=O) groups is 2. The van der Waals surface area contributed by atoms with Gasteiger partial charge in [0, 0.05) is 41.4 Å². The Morgan fingerprint density at radius 1 is 1.12 bits per heavy atom. The summed E-state index contributed by atoms with van der Waals surface area (Å²) in [5.74, 6) is -2.43. The molecule has 1 saturated heterocycles. The van der Waals surface area contributed by atoms with Crippen molar-refractivity contribution in [3.63, 3.8) is 0 Å². The molecule has 0 aromatic heterocycles. The molecule has 2 aliphatic heterocycles. The number of likely N-dealkylation sites (tertiary alicyclic amines) is 1. The van der Waals surface area contributed by atoms with E-state index < -0.39 is 28.1 Å². The number of rotatable bonds is 4. The molecule has 7 nitrogen and oxygen atoms in total. The quantitative estimate of drug-likeness (QED) is 0.371. The first-order valence-corrected chi connectivity index (χ1v) is 10.5. The molecule has 0 saturated carbocycles. The molecule has 0 unspecified atom stereocenters. The van der Waals surface area contributed by atoms with Gasteiger partial charge in [-0.15, -0.1) is 0 Å². The maximum Gasteiger partial charge on any atom is 0.269 e. The van der Waals surface area contributed by atoms with Crippen LogP contribution in [0.3, 0.4) is 0 Å². The Bertz CT molecular complexity index is 1280. The monoisotopic (exact) mass is 445 g/mol. The summed E-state index contributed by atoms with van der Waals surface area (Å²) in [5, 5.41) is 13.9. The highest BCUT2D eigenvalue weighted by molar-refractivity contribution is 6.12. The van der Waals surface area contributed by atoms with Gasteiger partial charge in [-0.05, 0) is 30.8 Å². The molecule has 3 aromatic carbocycles. The number of fused-ring (bicyclic) bond motifs is 2. The smallest absolute Gasteiger partial charge is 0.269 e. The molecule has 3 aromatic rings. The summed E-state index contributed by atoms with van der Waals surface area (Å²) in [7, 11) is 1.75. The predicted molar refractivity (Wildman–Crippen MR) is 119 cm³/mol. The van der Waals surface area contributed by atoms with Gasteiger partial charge in [0.05, 0.1) is 10.8 Å². The molecule has 8 heteroatoms. The number of non-ortho nitro benzene ring substituents is 1. The van der Waals surface area contributed by atoms with Crippen LogP contribution in [0.2, 0.25) is 0 Å². The number of halogens is 1. The van der Waals surface area contributed by atoms with Crippen LogP contribution in [0.25, 0.3) is 0 Å². The Labute approximate surface area is 189 Å². The summed E-state index contributed by atoms with van der Waals surface area (Å²) in [6.45, 7) is 0.338. The number of nitrogens with one attached hydrogen (secondary N) is 1. The second kappa shape index (κ2) is 7.60. The number of hydrogen-bond donors (Lipinski definition) is 1. The van der Waals surface area contributed by atoms with E-state index in [2.05, 4.69) is 5.32 Å². The Morgan fingerprint density at radius 2 is 1.82 bits per heavy atom. The number of anilines is 1. The van der Waals surface area contributed by atoms with Gasteiger partial charge in [-0.2, -0.15) is 0 Å². The van der Waals surface area contributed by atoms with Gasteiger partial charge in [0.1, 0.15) is 11.4 Å². The Hall–Kier alpha value is -3.91. The van der Waals surface area contributed by atoms with Crippen molar-refractivity contribution < 1.29 is 18.9 Å². The molecule has 0 radical (unpaired) electrons. The van der Waals surface area contributed by atoms with E-state index in [4.69, 9.17) is 0 Å². The number of hydrogen-bond acceptors (Lipinski definition) is 5. The van der Waals surface area contributed by atoms with E-state index in [1.165, 1.54) is 30.3 Å². The maximum atomic E-state index is 14.3. The van der Waals surface area contributed by atoms with Crippen LogP contribution >= 0.6 is 0 Å². The van der Waals surface area contributed by atoms with E-state index in [0.29, 0.717) is 28.9 Å². The van der Waals surface area contributed by atoms with Crippen molar-refractivity contribution in [2.75, 3.05) is 18.9 Å². The molecule has 2 heterocycles. The lowest BCUT2D eigenvalue weighted by Gasteiger charge is -2.35. The topological polar surface area (TPSA) is 92.5 Å². The summed E-state index contributed by atoms with van der Waals surface area (Å²) < 4.78 is 14.3. The minimum Gasteiger partial charge on any atom is -0.324 e. The fourth-order valence-electron chi connectivity index (χ4n) is 5.34. The molecule has 2 aliphatic rings. The van der Waals surface area contributed by atoms with E-state index in [1.54, 1.807) is 54.4 Å². The second-order valence-electron chi connectivity index (χ2n) is 8.45. The third kappa shape index (κ3) is 3.06. The third-order valence-electron chi connectivity index (χ3n) is 6.78. The summed E-state index contributed by atoms with van der Waals surface area (Å²) in [5.41, 5.74) is 0.587. The lowest BCUT2D eigenvalue weighted by atomic mass is 9.70. The molecule has 33 heavy (non-hydrogen) atoms. The summed E-state index contributed by atoms with van der Waals surface area (Å²) in [4.78, 5) is 39.9. The zero-order chi connectivity index (χ0) is 23.3. The highest BCUT2D eigenvalue weighted by Crippen LogP contribution is 2.55. The van der Waals surface area contributed by atoms with Crippen LogP contribution in [0.4, 0.5) is 15.8 Å². The van der Waals surface area contributed by atoms with Crippen LogP contribution in [0, 0.1) is 21.8 Å². The maximum absolute atomic E-state index is 14.3. The largest absolute Gasteiger partial charge is 0.324 e. The fraction of sp³-hybridized carbons (Fsp3) is 0.200. The molecule has 1 N–H and O–H groups in total. The predicted octanol–water partition coefficient (Wildman–Crippen LogP) is 4.11. The van der Waals surface area contributed by atoms with Crippen LogP contribution in [-0.2, 0) is 10.3 Å². The fourth-order valence-corrected chi connectivity index (χ4v) is 5.34. The second-order valence-corrected chi connectivity index (χ2v) is 8.45. The van der Waals surface area contributed by atoms with Gasteiger partial charge in [0.25, 0.3) is 5.69 Å². The highest BCUT2D eigenvalue weighted by Gasteiger charge is 2.64. The first kappa shape index (κ1) is 21.0. The first-order chi connectivity index (χ1) is 15.8. The number of nitrogens with zero attached hydrogens (tertiary/aromatic N) is 2. The molecule has 0 aliphatic carbocycles. The Kier molecular flexibility index (Phi) is 4.83. The average Bonchev–Trinajstić information content (AvgIpc) is 3.29. The Morgan fingerprint density at radius 3 is 2.48 bits per heavy atom. The van der Waals surface area contributed by atoms with Crippen LogP contribution in [0.1, 0.15) is 27.4 Å². The van der Waals surface area contributed by atoms with E-state index in [0.717, 1.165) is 0 Å². The number of ketones is 1. The van der Waals surface area contributed by atoms with Crippen LogP contribution in [0.15, 0.2) is 72.8 Å². The van der Waals surface area contributed by atoms with Crippen molar-refractivity contribution >= 4 is 23.1 Å². The zero-order valence-corrected chi connectivity index (χ0v) is 17.7. The summed E-state index contributed by atoms with van der Waals surface area (Å²) in [6.07, 6.45) is 0. The molecule has 0 bridgehead atoms. The van der Waals surface area contributed by atoms with Crippen molar-refractivity contribution in [1.29, 1.82) is 0 Å². The number of carbonyl (C=O) groups excluding carboxylic acids is 2. The minimum atomic E-state index is -1.41. The van der Waals surface area contributed by atoms with E-state index in [9.17, 15) is 24.1 Å². The van der Waals surface area contributed by atoms with Gasteiger partial charge in [-0.25, -0.2) is 4.39 Å². The van der Waals surface area contributed by atoms with Crippen LogP contribution in [0.5, 0.6) is 0 Å². The minimum absolute atomic E-state index is 0.0585. The van der Waals surface area contributed by atoms with E-state index in [1.807, 2.05) is 0 Å². The molecule has 1 fully saturated rings. The number of benzene rings is 3. The molecular weight excluding hydrogens is 425 g/mol.